The molecular formula is C18H32N2O. The molecule has 1 aromatic heterocycles. The van der Waals surface area contributed by atoms with E-state index in [-0.39, 0.29) is 5.41 Å². The average molecular weight is 292 g/mol. The van der Waals surface area contributed by atoms with Crippen LogP contribution in [0.15, 0.2) is 6.20 Å². The molecule has 120 valence electrons. The number of hydrogen-bond acceptors (Lipinski definition) is 3. The van der Waals surface area contributed by atoms with Gasteiger partial charge in [-0.15, -0.1) is 0 Å². The van der Waals surface area contributed by atoms with E-state index in [1.165, 1.54) is 5.56 Å². The Labute approximate surface area is 130 Å². The SMILES string of the molecule is CCCNC(Cc1ncc(C)c(OC)c1C)C(C)(C)CC. The highest BCUT2D eigenvalue weighted by molar-refractivity contribution is 5.41. The van der Waals surface area contributed by atoms with Gasteiger partial charge in [-0.2, -0.15) is 0 Å². The van der Waals surface area contributed by atoms with Gasteiger partial charge in [-0.25, -0.2) is 0 Å². The van der Waals surface area contributed by atoms with Crippen molar-refractivity contribution in [3.05, 3.63) is 23.0 Å². The quantitative estimate of drug-likeness (QED) is 0.784. The van der Waals surface area contributed by atoms with E-state index in [0.29, 0.717) is 6.04 Å². The fraction of sp³-hybridized carbons (Fsp3) is 0.722. The van der Waals surface area contributed by atoms with Crippen molar-refractivity contribution in [3.8, 4) is 5.75 Å². The van der Waals surface area contributed by atoms with Gasteiger partial charge in [0.15, 0.2) is 0 Å². The standard InChI is InChI=1S/C18H32N2O/c1-8-10-19-16(18(5,6)9-2)11-15-14(4)17(21-7)13(3)12-20-15/h12,16,19H,8-11H2,1-7H3. The van der Waals surface area contributed by atoms with Gasteiger partial charge in [-0.3, -0.25) is 4.98 Å². The van der Waals surface area contributed by atoms with Crippen LogP contribution in [0, 0.1) is 19.3 Å². The number of hydrogen-bond donors (Lipinski definition) is 1. The normalized spacial score (nSPS) is 13.3. The minimum atomic E-state index is 0.251. The number of pyridine rings is 1. The first-order valence-electron chi connectivity index (χ1n) is 8.09. The number of nitrogens with zero attached hydrogens (tertiary/aromatic N) is 1. The molecule has 1 unspecified atom stereocenters. The molecule has 1 heterocycles. The fourth-order valence-electron chi connectivity index (χ4n) is 2.66. The predicted molar refractivity (Wildman–Crippen MR) is 90.1 cm³/mol. The van der Waals surface area contributed by atoms with Gasteiger partial charge in [0.1, 0.15) is 5.75 Å². The van der Waals surface area contributed by atoms with Gasteiger partial charge in [0, 0.05) is 35.5 Å². The first-order valence-corrected chi connectivity index (χ1v) is 8.09. The summed E-state index contributed by atoms with van der Waals surface area (Å²) in [5.41, 5.74) is 3.67. The van der Waals surface area contributed by atoms with E-state index in [0.717, 1.165) is 42.8 Å². The molecule has 1 rings (SSSR count). The van der Waals surface area contributed by atoms with Gasteiger partial charge >= 0.3 is 0 Å². The number of ether oxygens (including phenoxy) is 1. The Morgan fingerprint density at radius 3 is 2.48 bits per heavy atom. The maximum absolute atomic E-state index is 5.53. The van der Waals surface area contributed by atoms with Crippen LogP contribution in [0.5, 0.6) is 5.75 Å². The second-order valence-electron chi connectivity index (χ2n) is 6.60. The zero-order valence-electron chi connectivity index (χ0n) is 14.8. The van der Waals surface area contributed by atoms with Gasteiger partial charge in [-0.1, -0.05) is 27.7 Å². The molecule has 1 aromatic rings. The molecule has 0 bridgehead atoms. The molecule has 3 heteroatoms. The third kappa shape index (κ3) is 4.44. The Kier molecular flexibility index (Phi) is 6.66. The summed E-state index contributed by atoms with van der Waals surface area (Å²) in [6.07, 6.45) is 5.18. The zero-order chi connectivity index (χ0) is 16.0. The van der Waals surface area contributed by atoms with Crippen molar-refractivity contribution in [2.75, 3.05) is 13.7 Å². The van der Waals surface area contributed by atoms with E-state index in [1.807, 2.05) is 13.1 Å². The summed E-state index contributed by atoms with van der Waals surface area (Å²) in [6.45, 7) is 14.4. The van der Waals surface area contributed by atoms with Crippen LogP contribution in [-0.4, -0.2) is 24.7 Å². The van der Waals surface area contributed by atoms with Crippen molar-refractivity contribution in [2.45, 2.75) is 66.8 Å². The second-order valence-corrected chi connectivity index (χ2v) is 6.60. The first kappa shape index (κ1) is 18.0. The molecule has 0 saturated heterocycles. The van der Waals surface area contributed by atoms with Crippen LogP contribution in [0.4, 0.5) is 0 Å². The van der Waals surface area contributed by atoms with Crippen molar-refractivity contribution >= 4 is 0 Å². The van der Waals surface area contributed by atoms with Crippen LogP contribution in [0.1, 0.15) is 57.4 Å². The molecule has 0 radical (unpaired) electrons. The highest BCUT2D eigenvalue weighted by Gasteiger charge is 2.28. The molecule has 0 aromatic carbocycles. The number of aromatic nitrogens is 1. The number of nitrogens with one attached hydrogen (secondary N) is 1. The van der Waals surface area contributed by atoms with Crippen molar-refractivity contribution in [1.29, 1.82) is 0 Å². The van der Waals surface area contributed by atoms with Crippen LogP contribution in [0.3, 0.4) is 0 Å². The van der Waals surface area contributed by atoms with E-state index in [9.17, 15) is 0 Å². The molecule has 0 aliphatic rings. The lowest BCUT2D eigenvalue weighted by atomic mass is 9.79. The molecule has 0 aliphatic heterocycles. The molecule has 0 spiro atoms. The van der Waals surface area contributed by atoms with E-state index < -0.39 is 0 Å². The summed E-state index contributed by atoms with van der Waals surface area (Å²) in [4.78, 5) is 4.66. The topological polar surface area (TPSA) is 34.2 Å². The highest BCUT2D eigenvalue weighted by Crippen LogP contribution is 2.30. The van der Waals surface area contributed by atoms with Crippen LogP contribution < -0.4 is 10.1 Å². The maximum Gasteiger partial charge on any atom is 0.128 e. The van der Waals surface area contributed by atoms with Gasteiger partial charge in [-0.05, 0) is 38.6 Å². The van der Waals surface area contributed by atoms with E-state index >= 15 is 0 Å². The highest BCUT2D eigenvalue weighted by atomic mass is 16.5. The summed E-state index contributed by atoms with van der Waals surface area (Å²) in [5.74, 6) is 0.976. The zero-order valence-corrected chi connectivity index (χ0v) is 14.8. The van der Waals surface area contributed by atoms with Crippen LogP contribution in [0.2, 0.25) is 0 Å². The van der Waals surface area contributed by atoms with Crippen LogP contribution in [0.25, 0.3) is 0 Å². The van der Waals surface area contributed by atoms with E-state index in [2.05, 4.69) is 44.9 Å². The Balaban J connectivity index is 3.03. The molecule has 0 aliphatic carbocycles. The second kappa shape index (κ2) is 7.79. The Bertz CT molecular complexity index is 455. The van der Waals surface area contributed by atoms with E-state index in [4.69, 9.17) is 4.74 Å². The fourth-order valence-corrected chi connectivity index (χ4v) is 2.66. The number of rotatable bonds is 8. The molecule has 0 saturated carbocycles. The lowest BCUT2D eigenvalue weighted by Crippen LogP contribution is -2.44. The summed E-state index contributed by atoms with van der Waals surface area (Å²) in [7, 11) is 1.74. The van der Waals surface area contributed by atoms with Gasteiger partial charge in [0.05, 0.1) is 7.11 Å². The molecule has 0 amide bonds. The molecule has 3 nitrogen and oxygen atoms in total. The van der Waals surface area contributed by atoms with Crippen LogP contribution in [-0.2, 0) is 6.42 Å². The van der Waals surface area contributed by atoms with Crippen molar-refractivity contribution < 1.29 is 4.74 Å². The predicted octanol–water partition coefficient (Wildman–Crippen LogP) is 4.05. The molecule has 21 heavy (non-hydrogen) atoms. The minimum Gasteiger partial charge on any atom is -0.496 e. The largest absolute Gasteiger partial charge is 0.496 e. The smallest absolute Gasteiger partial charge is 0.128 e. The number of aryl methyl sites for hydroxylation is 1. The molecule has 0 fully saturated rings. The first-order chi connectivity index (χ1) is 9.87. The third-order valence-corrected chi connectivity index (χ3v) is 4.64. The summed E-state index contributed by atoms with van der Waals surface area (Å²) in [6, 6.07) is 0.432. The molecule has 1 N–H and O–H groups in total. The van der Waals surface area contributed by atoms with Crippen molar-refractivity contribution in [2.24, 2.45) is 5.41 Å². The van der Waals surface area contributed by atoms with Gasteiger partial charge in [0.2, 0.25) is 0 Å². The third-order valence-electron chi connectivity index (χ3n) is 4.64. The maximum atomic E-state index is 5.53. The van der Waals surface area contributed by atoms with E-state index in [1.54, 1.807) is 7.11 Å². The number of methoxy groups -OCH3 is 1. The Morgan fingerprint density at radius 2 is 1.95 bits per heavy atom. The monoisotopic (exact) mass is 292 g/mol. The molecule has 1 atom stereocenters. The van der Waals surface area contributed by atoms with Gasteiger partial charge < -0.3 is 10.1 Å². The Hall–Kier alpha value is -1.09. The average Bonchev–Trinajstić information content (AvgIpc) is 2.46. The van der Waals surface area contributed by atoms with Gasteiger partial charge in [0.25, 0.3) is 0 Å². The minimum absolute atomic E-state index is 0.251. The van der Waals surface area contributed by atoms with Crippen molar-refractivity contribution in [1.82, 2.24) is 10.3 Å². The summed E-state index contributed by atoms with van der Waals surface area (Å²) < 4.78 is 5.53. The lowest BCUT2D eigenvalue weighted by molar-refractivity contribution is 0.228. The summed E-state index contributed by atoms with van der Waals surface area (Å²) in [5, 5.41) is 3.71. The molecular weight excluding hydrogens is 260 g/mol. The lowest BCUT2D eigenvalue weighted by Gasteiger charge is -2.34. The van der Waals surface area contributed by atoms with Crippen molar-refractivity contribution in [3.63, 3.8) is 0 Å². The van der Waals surface area contributed by atoms with Crippen LogP contribution >= 0.6 is 0 Å². The summed E-state index contributed by atoms with van der Waals surface area (Å²) >= 11 is 0. The Morgan fingerprint density at radius 1 is 1.29 bits per heavy atom.